The van der Waals surface area contributed by atoms with E-state index in [4.69, 9.17) is 9.52 Å². The lowest BCUT2D eigenvalue weighted by Gasteiger charge is -2.37. The largest absolute Gasteiger partial charge is 0.480 e. The van der Waals surface area contributed by atoms with Gasteiger partial charge in [-0.05, 0) is 31.0 Å². The quantitative estimate of drug-likeness (QED) is 0.861. The molecule has 1 fully saturated rings. The third kappa shape index (κ3) is 3.96. The molecule has 6 heteroatoms. The van der Waals surface area contributed by atoms with Crippen molar-refractivity contribution >= 4 is 11.9 Å². The summed E-state index contributed by atoms with van der Waals surface area (Å²) < 4.78 is 5.50. The number of amides is 1. The Labute approximate surface area is 153 Å². The summed E-state index contributed by atoms with van der Waals surface area (Å²) in [4.78, 5) is 27.7. The van der Waals surface area contributed by atoms with Gasteiger partial charge in [-0.2, -0.15) is 0 Å². The highest BCUT2D eigenvalue weighted by molar-refractivity contribution is 5.98. The Morgan fingerprint density at radius 3 is 2.50 bits per heavy atom. The van der Waals surface area contributed by atoms with Crippen molar-refractivity contribution in [2.24, 2.45) is 0 Å². The molecule has 0 saturated carbocycles. The molecule has 1 aliphatic rings. The Bertz CT molecular complexity index is 748. The average Bonchev–Trinajstić information content (AvgIpc) is 3.16. The predicted octanol–water partition coefficient (Wildman–Crippen LogP) is 2.96. The third-order valence-electron chi connectivity index (χ3n) is 4.96. The summed E-state index contributed by atoms with van der Waals surface area (Å²) >= 11 is 0. The summed E-state index contributed by atoms with van der Waals surface area (Å²) in [7, 11) is 0. The number of rotatable bonds is 6. The first-order chi connectivity index (χ1) is 12.6. The van der Waals surface area contributed by atoms with Crippen LogP contribution in [0.2, 0.25) is 0 Å². The zero-order valence-electron chi connectivity index (χ0n) is 14.9. The number of likely N-dealkylation sites (N-methyl/N-ethyl adjacent to an activating group) is 1. The minimum absolute atomic E-state index is 0.0471. The number of hydrogen-bond acceptors (Lipinski definition) is 4. The highest BCUT2D eigenvalue weighted by Gasteiger charge is 2.30. The molecule has 2 heterocycles. The zero-order chi connectivity index (χ0) is 18.5. The van der Waals surface area contributed by atoms with Crippen LogP contribution in [-0.4, -0.2) is 59.0 Å². The molecule has 0 radical (unpaired) electrons. The Morgan fingerprint density at radius 2 is 1.88 bits per heavy atom. The SMILES string of the molecule is CCN(CC(=O)O)C1CCN(C(=O)c2occc2-c2ccccc2)CC1. The first-order valence-corrected chi connectivity index (χ1v) is 8.98. The zero-order valence-corrected chi connectivity index (χ0v) is 14.9. The highest BCUT2D eigenvalue weighted by Crippen LogP contribution is 2.27. The highest BCUT2D eigenvalue weighted by atomic mass is 16.4. The van der Waals surface area contributed by atoms with Crippen LogP contribution in [0.25, 0.3) is 11.1 Å². The van der Waals surface area contributed by atoms with Crippen molar-refractivity contribution in [3.05, 3.63) is 48.4 Å². The van der Waals surface area contributed by atoms with Crippen molar-refractivity contribution in [3.8, 4) is 11.1 Å². The van der Waals surface area contributed by atoms with Gasteiger partial charge in [-0.3, -0.25) is 14.5 Å². The van der Waals surface area contributed by atoms with E-state index in [9.17, 15) is 9.59 Å². The number of carboxylic acid groups (broad SMARTS) is 1. The van der Waals surface area contributed by atoms with E-state index in [1.807, 2.05) is 48.2 Å². The van der Waals surface area contributed by atoms with Gasteiger partial charge in [0.15, 0.2) is 5.76 Å². The van der Waals surface area contributed by atoms with E-state index in [-0.39, 0.29) is 18.5 Å². The first-order valence-electron chi connectivity index (χ1n) is 8.98. The summed E-state index contributed by atoms with van der Waals surface area (Å²) in [5.41, 5.74) is 1.76. The van der Waals surface area contributed by atoms with Crippen molar-refractivity contribution in [1.82, 2.24) is 9.80 Å². The maximum Gasteiger partial charge on any atom is 0.317 e. The number of carboxylic acids is 1. The standard InChI is InChI=1S/C20H24N2O4/c1-2-21(14-18(23)24)16-8-11-22(12-9-16)20(25)19-17(10-13-26-19)15-6-4-3-5-7-15/h3-7,10,13,16H,2,8-9,11-12,14H2,1H3,(H,23,24). The van der Waals surface area contributed by atoms with Gasteiger partial charge >= 0.3 is 5.97 Å². The number of carbonyl (C=O) groups excluding carboxylic acids is 1. The van der Waals surface area contributed by atoms with E-state index in [2.05, 4.69) is 0 Å². The van der Waals surface area contributed by atoms with Crippen molar-refractivity contribution < 1.29 is 19.1 Å². The lowest BCUT2D eigenvalue weighted by atomic mass is 10.0. The molecule has 6 nitrogen and oxygen atoms in total. The van der Waals surface area contributed by atoms with Gasteiger partial charge in [0.2, 0.25) is 0 Å². The van der Waals surface area contributed by atoms with Gasteiger partial charge in [0.05, 0.1) is 12.8 Å². The molecule has 1 saturated heterocycles. The van der Waals surface area contributed by atoms with Gasteiger partial charge in [0, 0.05) is 24.7 Å². The van der Waals surface area contributed by atoms with Crippen LogP contribution in [0.15, 0.2) is 47.1 Å². The minimum atomic E-state index is -0.812. The topological polar surface area (TPSA) is 74.0 Å². The Hall–Kier alpha value is -2.60. The van der Waals surface area contributed by atoms with Crippen LogP contribution in [0.5, 0.6) is 0 Å². The van der Waals surface area contributed by atoms with Crippen LogP contribution >= 0.6 is 0 Å². The predicted molar refractivity (Wildman–Crippen MR) is 98.0 cm³/mol. The molecule has 0 spiro atoms. The van der Waals surface area contributed by atoms with Crippen LogP contribution < -0.4 is 0 Å². The third-order valence-corrected chi connectivity index (χ3v) is 4.96. The maximum atomic E-state index is 12.9. The fraction of sp³-hybridized carbons (Fsp3) is 0.400. The molecule has 1 aromatic carbocycles. The summed E-state index contributed by atoms with van der Waals surface area (Å²) in [5, 5.41) is 9.03. The molecular formula is C20H24N2O4. The summed E-state index contributed by atoms with van der Waals surface area (Å²) in [6, 6.07) is 11.7. The fourth-order valence-electron chi connectivity index (χ4n) is 3.57. The Balaban J connectivity index is 1.67. The second kappa shape index (κ2) is 8.19. The molecule has 3 rings (SSSR count). The molecule has 1 aromatic heterocycles. The summed E-state index contributed by atoms with van der Waals surface area (Å²) in [6.07, 6.45) is 3.09. The van der Waals surface area contributed by atoms with Crippen LogP contribution in [0.1, 0.15) is 30.3 Å². The van der Waals surface area contributed by atoms with Gasteiger partial charge in [-0.15, -0.1) is 0 Å². The molecule has 1 N–H and O–H groups in total. The number of likely N-dealkylation sites (tertiary alicyclic amines) is 1. The monoisotopic (exact) mass is 356 g/mol. The smallest absolute Gasteiger partial charge is 0.317 e. The van der Waals surface area contributed by atoms with Crippen LogP contribution in [0, 0.1) is 0 Å². The number of hydrogen-bond donors (Lipinski definition) is 1. The minimum Gasteiger partial charge on any atom is -0.480 e. The average molecular weight is 356 g/mol. The van der Waals surface area contributed by atoms with E-state index in [1.54, 1.807) is 11.2 Å². The van der Waals surface area contributed by atoms with Gasteiger partial charge in [-0.25, -0.2) is 0 Å². The van der Waals surface area contributed by atoms with Gasteiger partial charge in [0.1, 0.15) is 0 Å². The van der Waals surface area contributed by atoms with Gasteiger partial charge in [0.25, 0.3) is 5.91 Å². The van der Waals surface area contributed by atoms with E-state index in [1.165, 1.54) is 0 Å². The normalized spacial score (nSPS) is 15.4. The van der Waals surface area contributed by atoms with Crippen molar-refractivity contribution in [1.29, 1.82) is 0 Å². The summed E-state index contributed by atoms with van der Waals surface area (Å²) in [6.45, 7) is 3.92. The molecule has 1 amide bonds. The number of piperidine rings is 1. The van der Waals surface area contributed by atoms with Crippen molar-refractivity contribution in [2.45, 2.75) is 25.8 Å². The molecule has 0 atom stereocenters. The van der Waals surface area contributed by atoms with Crippen molar-refractivity contribution in [3.63, 3.8) is 0 Å². The second-order valence-corrected chi connectivity index (χ2v) is 6.51. The number of benzene rings is 1. The molecule has 1 aliphatic heterocycles. The number of aliphatic carboxylic acids is 1. The molecule has 26 heavy (non-hydrogen) atoms. The van der Waals surface area contributed by atoms with Crippen LogP contribution in [0.3, 0.4) is 0 Å². The van der Waals surface area contributed by atoms with E-state index in [0.717, 1.165) is 24.0 Å². The van der Waals surface area contributed by atoms with Crippen LogP contribution in [0.4, 0.5) is 0 Å². The Morgan fingerprint density at radius 1 is 1.19 bits per heavy atom. The molecule has 138 valence electrons. The van der Waals surface area contributed by atoms with Gasteiger partial charge in [-0.1, -0.05) is 37.3 Å². The van der Waals surface area contributed by atoms with Crippen LogP contribution in [-0.2, 0) is 4.79 Å². The number of nitrogens with zero attached hydrogens (tertiary/aromatic N) is 2. The molecule has 0 bridgehead atoms. The molecular weight excluding hydrogens is 332 g/mol. The van der Waals surface area contributed by atoms with Gasteiger partial charge < -0.3 is 14.4 Å². The number of furan rings is 1. The molecule has 0 unspecified atom stereocenters. The van der Waals surface area contributed by atoms with E-state index in [0.29, 0.717) is 25.4 Å². The second-order valence-electron chi connectivity index (χ2n) is 6.51. The summed E-state index contributed by atoms with van der Waals surface area (Å²) in [5.74, 6) is -0.547. The maximum absolute atomic E-state index is 12.9. The lowest BCUT2D eigenvalue weighted by molar-refractivity contribution is -0.139. The molecule has 0 aliphatic carbocycles. The lowest BCUT2D eigenvalue weighted by Crippen LogP contribution is -2.48. The Kier molecular flexibility index (Phi) is 5.73. The number of carbonyl (C=O) groups is 2. The van der Waals surface area contributed by atoms with E-state index < -0.39 is 5.97 Å². The fourth-order valence-corrected chi connectivity index (χ4v) is 3.57. The first kappa shape index (κ1) is 18.2. The van der Waals surface area contributed by atoms with Crippen molar-refractivity contribution in [2.75, 3.05) is 26.2 Å². The molecule has 2 aromatic rings. The van der Waals surface area contributed by atoms with E-state index >= 15 is 0 Å².